The number of sulfonamides is 1. The van der Waals surface area contributed by atoms with Gasteiger partial charge in [0.15, 0.2) is 5.00 Å². The van der Waals surface area contributed by atoms with Crippen LogP contribution < -0.4 is 10.5 Å². The first kappa shape index (κ1) is 13.6. The van der Waals surface area contributed by atoms with E-state index < -0.39 is 14.9 Å². The van der Waals surface area contributed by atoms with Crippen LogP contribution in [0.2, 0.25) is 0 Å². The van der Waals surface area contributed by atoms with E-state index >= 15 is 0 Å². The van der Waals surface area contributed by atoms with Crippen molar-refractivity contribution in [3.8, 4) is 0 Å². The van der Waals surface area contributed by atoms with Crippen LogP contribution in [-0.4, -0.2) is 30.9 Å². The van der Waals surface area contributed by atoms with Gasteiger partial charge in [-0.3, -0.25) is 10.1 Å². The second kappa shape index (κ2) is 5.03. The number of hydrogen-bond donors (Lipinski definition) is 2. The predicted molar refractivity (Wildman–Crippen MR) is 71.4 cm³/mol. The zero-order valence-corrected chi connectivity index (χ0v) is 11.6. The average molecular weight is 309 g/mol. The summed E-state index contributed by atoms with van der Waals surface area (Å²) in [4.78, 5) is 9.94. The van der Waals surface area contributed by atoms with E-state index in [0.717, 1.165) is 24.0 Å². The van der Waals surface area contributed by atoms with E-state index in [1.165, 1.54) is 0 Å². The maximum atomic E-state index is 12.0. The molecule has 1 aromatic rings. The summed E-state index contributed by atoms with van der Waals surface area (Å²) in [7, 11) is -3.71. The van der Waals surface area contributed by atoms with Crippen molar-refractivity contribution in [2.75, 3.05) is 17.2 Å². The van der Waals surface area contributed by atoms with E-state index in [1.807, 2.05) is 0 Å². The summed E-state index contributed by atoms with van der Waals surface area (Å²) >= 11 is 2.39. The Morgan fingerprint density at radius 3 is 2.78 bits per heavy atom. The predicted octanol–water partition coefficient (Wildman–Crippen LogP) is 1.02. The standard InChI is InChI=1S/C8H11N3O4S3/c9-8-6(11(12)13)3-7(17-8)18(14,15)10-5-1-2-16-4-5/h3,5,10H,1-2,4,9H2. The van der Waals surface area contributed by atoms with Crippen molar-refractivity contribution in [2.45, 2.75) is 16.7 Å². The lowest BCUT2D eigenvalue weighted by molar-refractivity contribution is -0.383. The van der Waals surface area contributed by atoms with Crippen molar-refractivity contribution in [2.24, 2.45) is 0 Å². The number of thioether (sulfide) groups is 1. The molecule has 10 heteroatoms. The molecule has 2 heterocycles. The van der Waals surface area contributed by atoms with Gasteiger partial charge in [-0.15, -0.1) is 0 Å². The molecule has 0 aliphatic carbocycles. The summed E-state index contributed by atoms with van der Waals surface area (Å²) in [5, 5.41) is 10.5. The maximum Gasteiger partial charge on any atom is 0.304 e. The van der Waals surface area contributed by atoms with E-state index in [2.05, 4.69) is 4.72 Å². The third-order valence-electron chi connectivity index (χ3n) is 2.43. The van der Waals surface area contributed by atoms with Crippen LogP contribution in [0.15, 0.2) is 10.3 Å². The van der Waals surface area contributed by atoms with Crippen molar-refractivity contribution >= 4 is 43.8 Å². The van der Waals surface area contributed by atoms with Gasteiger partial charge < -0.3 is 5.73 Å². The zero-order valence-electron chi connectivity index (χ0n) is 9.16. The lowest BCUT2D eigenvalue weighted by Crippen LogP contribution is -2.34. The molecule has 1 atom stereocenters. The molecule has 1 unspecified atom stereocenters. The molecule has 7 nitrogen and oxygen atoms in total. The molecule has 0 aromatic carbocycles. The van der Waals surface area contributed by atoms with Gasteiger partial charge in [0.25, 0.3) is 10.0 Å². The third-order valence-corrected chi connectivity index (χ3v) is 6.54. The number of nitrogens with zero attached hydrogens (tertiary/aromatic N) is 1. The Hall–Kier alpha value is -0.840. The molecule has 2 rings (SSSR count). The number of nitrogens with one attached hydrogen (secondary N) is 1. The Morgan fingerprint density at radius 1 is 1.56 bits per heavy atom. The lowest BCUT2D eigenvalue weighted by Gasteiger charge is -2.09. The van der Waals surface area contributed by atoms with Crippen molar-refractivity contribution in [1.82, 2.24) is 4.72 Å². The summed E-state index contributed by atoms with van der Waals surface area (Å²) in [6, 6.07) is 0.895. The summed E-state index contributed by atoms with van der Waals surface area (Å²) in [5.74, 6) is 1.64. The van der Waals surface area contributed by atoms with Gasteiger partial charge in [-0.1, -0.05) is 11.3 Å². The van der Waals surface area contributed by atoms with Crippen LogP contribution in [0, 0.1) is 10.1 Å². The highest BCUT2D eigenvalue weighted by Crippen LogP contribution is 2.34. The first-order chi connectivity index (χ1) is 8.40. The van der Waals surface area contributed by atoms with Crippen LogP contribution >= 0.6 is 23.1 Å². The highest BCUT2D eigenvalue weighted by molar-refractivity contribution is 7.99. The van der Waals surface area contributed by atoms with Crippen LogP contribution in [0.5, 0.6) is 0 Å². The normalized spacial score (nSPS) is 20.1. The Morgan fingerprint density at radius 2 is 2.28 bits per heavy atom. The summed E-state index contributed by atoms with van der Waals surface area (Å²) in [6.07, 6.45) is 0.771. The van der Waals surface area contributed by atoms with Crippen molar-refractivity contribution in [3.05, 3.63) is 16.2 Å². The first-order valence-electron chi connectivity index (χ1n) is 5.04. The Balaban J connectivity index is 2.24. The van der Waals surface area contributed by atoms with Gasteiger partial charge in [0.1, 0.15) is 4.21 Å². The molecule has 1 aliphatic heterocycles. The number of hydrogen-bond acceptors (Lipinski definition) is 7. The zero-order chi connectivity index (χ0) is 13.3. The molecule has 1 aliphatic rings. The molecule has 0 amide bonds. The van der Waals surface area contributed by atoms with Gasteiger partial charge in [-0.05, 0) is 12.2 Å². The fourth-order valence-corrected chi connectivity index (χ4v) is 5.31. The Kier molecular flexibility index (Phi) is 3.80. The van der Waals surface area contributed by atoms with Gasteiger partial charge in [0.05, 0.1) is 4.92 Å². The van der Waals surface area contributed by atoms with E-state index in [9.17, 15) is 18.5 Å². The van der Waals surface area contributed by atoms with Gasteiger partial charge in [0.2, 0.25) is 0 Å². The molecule has 0 bridgehead atoms. The molecule has 1 saturated heterocycles. The summed E-state index contributed by atoms with van der Waals surface area (Å²) < 4.78 is 26.4. The van der Waals surface area contributed by atoms with Crippen molar-refractivity contribution < 1.29 is 13.3 Å². The van der Waals surface area contributed by atoms with Gasteiger partial charge >= 0.3 is 5.69 Å². The fourth-order valence-electron chi connectivity index (χ4n) is 1.55. The lowest BCUT2D eigenvalue weighted by atomic mass is 10.3. The SMILES string of the molecule is Nc1sc(S(=O)(=O)NC2CCSC2)cc1[N+](=O)[O-]. The van der Waals surface area contributed by atoms with E-state index in [0.29, 0.717) is 11.3 Å². The Bertz CT molecular complexity index is 562. The van der Waals surface area contributed by atoms with Crippen molar-refractivity contribution in [3.63, 3.8) is 0 Å². The number of nitrogens with two attached hydrogens (primary N) is 1. The number of thiophene rings is 1. The number of rotatable bonds is 4. The second-order valence-corrected chi connectivity index (χ2v) is 7.93. The number of nitro groups is 1. The molecule has 1 fully saturated rings. The molecule has 100 valence electrons. The second-order valence-electron chi connectivity index (χ2n) is 3.75. The van der Waals surface area contributed by atoms with Crippen LogP contribution in [0.25, 0.3) is 0 Å². The smallest absolute Gasteiger partial charge is 0.304 e. The Labute approximate surface area is 112 Å². The van der Waals surface area contributed by atoms with E-state index in [4.69, 9.17) is 5.73 Å². The van der Waals surface area contributed by atoms with E-state index in [1.54, 1.807) is 11.8 Å². The van der Waals surface area contributed by atoms with Crippen LogP contribution in [-0.2, 0) is 10.0 Å². The molecule has 3 N–H and O–H groups in total. The van der Waals surface area contributed by atoms with Crippen LogP contribution in [0.4, 0.5) is 10.7 Å². The molecule has 0 radical (unpaired) electrons. The maximum absolute atomic E-state index is 12.0. The molecule has 0 spiro atoms. The third kappa shape index (κ3) is 2.76. The minimum absolute atomic E-state index is 0.0961. The number of anilines is 1. The van der Waals surface area contributed by atoms with Gasteiger partial charge in [-0.2, -0.15) is 11.8 Å². The monoisotopic (exact) mass is 309 g/mol. The van der Waals surface area contributed by atoms with Gasteiger partial charge in [0, 0.05) is 17.9 Å². The number of nitrogen functional groups attached to an aromatic ring is 1. The molecule has 0 saturated carbocycles. The minimum Gasteiger partial charge on any atom is -0.385 e. The van der Waals surface area contributed by atoms with E-state index in [-0.39, 0.29) is 20.9 Å². The van der Waals surface area contributed by atoms with Gasteiger partial charge in [-0.25, -0.2) is 13.1 Å². The van der Waals surface area contributed by atoms with Crippen molar-refractivity contribution in [1.29, 1.82) is 0 Å². The average Bonchev–Trinajstić information content (AvgIpc) is 2.86. The highest BCUT2D eigenvalue weighted by atomic mass is 32.2. The summed E-state index contributed by atoms with van der Waals surface area (Å²) in [5.41, 5.74) is 5.07. The summed E-state index contributed by atoms with van der Waals surface area (Å²) in [6.45, 7) is 0. The quantitative estimate of drug-likeness (QED) is 0.634. The largest absolute Gasteiger partial charge is 0.385 e. The first-order valence-corrected chi connectivity index (χ1v) is 8.49. The topological polar surface area (TPSA) is 115 Å². The molecule has 1 aromatic heterocycles. The van der Waals surface area contributed by atoms with Crippen LogP contribution in [0.3, 0.4) is 0 Å². The minimum atomic E-state index is -3.71. The molecular weight excluding hydrogens is 298 g/mol. The fraction of sp³-hybridized carbons (Fsp3) is 0.500. The molecule has 18 heavy (non-hydrogen) atoms. The molecular formula is C8H11N3O4S3. The highest BCUT2D eigenvalue weighted by Gasteiger charge is 2.28. The van der Waals surface area contributed by atoms with Crippen LogP contribution in [0.1, 0.15) is 6.42 Å².